The predicted molar refractivity (Wildman–Crippen MR) is 81.7 cm³/mol. The number of rotatable bonds is 4. The first kappa shape index (κ1) is 13.6. The van der Waals surface area contributed by atoms with Crippen molar-refractivity contribution >= 4 is 23.1 Å². The average Bonchev–Trinajstić information content (AvgIpc) is 2.87. The van der Waals surface area contributed by atoms with Gasteiger partial charge in [-0.25, -0.2) is 19.3 Å². The Morgan fingerprint density at radius 3 is 2.95 bits per heavy atom. The third kappa shape index (κ3) is 2.75. The molecule has 0 atom stereocenters. The van der Waals surface area contributed by atoms with Gasteiger partial charge in [-0.05, 0) is 18.1 Å². The van der Waals surface area contributed by atoms with Gasteiger partial charge in [-0.2, -0.15) is 5.10 Å². The van der Waals surface area contributed by atoms with E-state index in [4.69, 9.17) is 11.6 Å². The Bertz CT molecular complexity index is 839. The predicted octanol–water partition coefficient (Wildman–Crippen LogP) is 2.08. The largest absolute Gasteiger partial charge is 0.366 e. The van der Waals surface area contributed by atoms with Crippen LogP contribution in [0.5, 0.6) is 0 Å². The van der Waals surface area contributed by atoms with Crippen molar-refractivity contribution in [2.45, 2.75) is 19.3 Å². The van der Waals surface area contributed by atoms with Crippen molar-refractivity contribution in [1.29, 1.82) is 0 Å². The normalized spacial score (nSPS) is 11.0. The molecule has 0 unspecified atom stereocenters. The Labute approximate surface area is 125 Å². The van der Waals surface area contributed by atoms with Crippen LogP contribution in [-0.2, 0) is 12.4 Å². The second kappa shape index (κ2) is 5.57. The maximum Gasteiger partial charge on any atom is 0.349 e. The molecule has 0 aliphatic heterocycles. The molecule has 7 heteroatoms. The van der Waals surface area contributed by atoms with E-state index in [9.17, 15) is 4.79 Å². The number of nitrogens with zero attached hydrogens (tertiary/aromatic N) is 3. The van der Waals surface area contributed by atoms with Crippen molar-refractivity contribution in [3.63, 3.8) is 0 Å². The van der Waals surface area contributed by atoms with Crippen molar-refractivity contribution in [3.8, 4) is 0 Å². The fourth-order valence-electron chi connectivity index (χ4n) is 2.20. The molecular formula is C14H14ClN5O. The Hall–Kier alpha value is -2.34. The van der Waals surface area contributed by atoms with E-state index in [-0.39, 0.29) is 5.69 Å². The standard InChI is InChI=1S/C14H14ClN5O/c1-9-17-12(6-13-18-19-14(21)20(9)13)16-8-11-4-2-3-10(5-11)7-15/h2-6,16H,7-8H2,1H3,(H,19,21). The summed E-state index contributed by atoms with van der Waals surface area (Å²) in [5.74, 6) is 1.76. The van der Waals surface area contributed by atoms with Crippen LogP contribution in [-0.4, -0.2) is 19.6 Å². The van der Waals surface area contributed by atoms with E-state index in [2.05, 4.69) is 20.5 Å². The van der Waals surface area contributed by atoms with Gasteiger partial charge < -0.3 is 5.32 Å². The molecular weight excluding hydrogens is 290 g/mol. The minimum absolute atomic E-state index is 0.281. The number of hydrogen-bond donors (Lipinski definition) is 2. The number of nitrogens with one attached hydrogen (secondary N) is 2. The molecule has 2 heterocycles. The van der Waals surface area contributed by atoms with Gasteiger partial charge in [-0.1, -0.05) is 24.3 Å². The van der Waals surface area contributed by atoms with E-state index in [1.54, 1.807) is 13.0 Å². The molecule has 3 aromatic rings. The molecule has 0 saturated carbocycles. The molecule has 0 saturated heterocycles. The molecule has 0 aliphatic carbocycles. The molecule has 0 radical (unpaired) electrons. The minimum atomic E-state index is -0.281. The number of fused-ring (bicyclic) bond motifs is 1. The van der Waals surface area contributed by atoms with Crippen LogP contribution >= 0.6 is 11.6 Å². The maximum absolute atomic E-state index is 11.5. The first-order chi connectivity index (χ1) is 10.2. The lowest BCUT2D eigenvalue weighted by atomic mass is 10.1. The highest BCUT2D eigenvalue weighted by atomic mass is 35.5. The lowest BCUT2D eigenvalue weighted by Crippen LogP contribution is -2.14. The molecule has 0 aliphatic rings. The Morgan fingerprint density at radius 1 is 1.33 bits per heavy atom. The third-order valence-corrected chi connectivity index (χ3v) is 3.50. The van der Waals surface area contributed by atoms with Gasteiger partial charge in [-0.3, -0.25) is 0 Å². The highest BCUT2D eigenvalue weighted by molar-refractivity contribution is 6.17. The molecule has 0 spiro atoms. The van der Waals surface area contributed by atoms with E-state index >= 15 is 0 Å². The molecule has 3 rings (SSSR count). The van der Waals surface area contributed by atoms with Gasteiger partial charge in [-0.15, -0.1) is 11.6 Å². The zero-order chi connectivity index (χ0) is 14.8. The number of aromatic nitrogens is 4. The van der Waals surface area contributed by atoms with Gasteiger partial charge in [0, 0.05) is 18.5 Å². The summed E-state index contributed by atoms with van der Waals surface area (Å²) in [5, 5.41) is 9.59. The van der Waals surface area contributed by atoms with Crippen LogP contribution in [0, 0.1) is 6.92 Å². The van der Waals surface area contributed by atoms with Crippen LogP contribution in [0.25, 0.3) is 5.65 Å². The van der Waals surface area contributed by atoms with Gasteiger partial charge in [0.1, 0.15) is 11.6 Å². The molecule has 6 nitrogen and oxygen atoms in total. The maximum atomic E-state index is 11.5. The van der Waals surface area contributed by atoms with Crippen molar-refractivity contribution in [2.75, 3.05) is 5.32 Å². The van der Waals surface area contributed by atoms with Crippen LogP contribution in [0.3, 0.4) is 0 Å². The lowest BCUT2D eigenvalue weighted by Gasteiger charge is -2.08. The first-order valence-corrected chi connectivity index (χ1v) is 7.03. The van der Waals surface area contributed by atoms with Gasteiger partial charge in [0.15, 0.2) is 5.65 Å². The van der Waals surface area contributed by atoms with Crippen molar-refractivity contribution in [2.24, 2.45) is 0 Å². The molecule has 1 aromatic carbocycles. The summed E-state index contributed by atoms with van der Waals surface area (Å²) in [7, 11) is 0. The second-order valence-electron chi connectivity index (χ2n) is 4.72. The van der Waals surface area contributed by atoms with E-state index in [0.29, 0.717) is 29.7 Å². The van der Waals surface area contributed by atoms with Crippen molar-refractivity contribution in [3.05, 3.63) is 57.8 Å². The van der Waals surface area contributed by atoms with Gasteiger partial charge in [0.05, 0.1) is 0 Å². The smallest absolute Gasteiger partial charge is 0.349 e. The fraction of sp³-hybridized carbons (Fsp3) is 0.214. The summed E-state index contributed by atoms with van der Waals surface area (Å²) in [5.41, 5.74) is 2.46. The summed E-state index contributed by atoms with van der Waals surface area (Å²) < 4.78 is 1.43. The molecule has 0 bridgehead atoms. The summed E-state index contributed by atoms with van der Waals surface area (Å²) in [6, 6.07) is 9.76. The van der Waals surface area contributed by atoms with Crippen molar-refractivity contribution < 1.29 is 0 Å². The number of halogens is 1. The number of H-pyrrole nitrogens is 1. The van der Waals surface area contributed by atoms with Crippen LogP contribution in [0.2, 0.25) is 0 Å². The average molecular weight is 304 g/mol. The number of alkyl halides is 1. The quantitative estimate of drug-likeness (QED) is 0.724. The van der Waals surface area contributed by atoms with E-state index < -0.39 is 0 Å². The molecule has 0 fully saturated rings. The fourth-order valence-corrected chi connectivity index (χ4v) is 2.37. The van der Waals surface area contributed by atoms with Gasteiger partial charge >= 0.3 is 5.69 Å². The zero-order valence-corrected chi connectivity index (χ0v) is 12.2. The number of aryl methyl sites for hydroxylation is 1. The lowest BCUT2D eigenvalue weighted by molar-refractivity contribution is 0.931. The SMILES string of the molecule is Cc1nc(NCc2cccc(CCl)c2)cc2n[nH]c(=O)n12. The second-order valence-corrected chi connectivity index (χ2v) is 4.99. The zero-order valence-electron chi connectivity index (χ0n) is 11.4. The highest BCUT2D eigenvalue weighted by Gasteiger charge is 2.06. The van der Waals surface area contributed by atoms with Crippen LogP contribution in [0.15, 0.2) is 35.1 Å². The molecule has 2 N–H and O–H groups in total. The topological polar surface area (TPSA) is 75.1 Å². The first-order valence-electron chi connectivity index (χ1n) is 6.50. The molecule has 21 heavy (non-hydrogen) atoms. The number of anilines is 1. The van der Waals surface area contributed by atoms with Crippen molar-refractivity contribution in [1.82, 2.24) is 19.6 Å². The van der Waals surface area contributed by atoms with E-state index in [1.807, 2.05) is 24.3 Å². The van der Waals surface area contributed by atoms with Crippen LogP contribution in [0.1, 0.15) is 17.0 Å². The number of benzene rings is 1. The minimum Gasteiger partial charge on any atom is -0.366 e. The monoisotopic (exact) mass is 303 g/mol. The molecule has 108 valence electrons. The Morgan fingerprint density at radius 2 is 2.14 bits per heavy atom. The Kier molecular flexibility index (Phi) is 3.62. The van der Waals surface area contributed by atoms with Gasteiger partial charge in [0.2, 0.25) is 0 Å². The van der Waals surface area contributed by atoms with Crippen LogP contribution in [0.4, 0.5) is 5.82 Å². The molecule has 2 aromatic heterocycles. The highest BCUT2D eigenvalue weighted by Crippen LogP contribution is 2.12. The number of aromatic amines is 1. The van der Waals surface area contributed by atoms with E-state index in [1.165, 1.54) is 4.40 Å². The summed E-state index contributed by atoms with van der Waals surface area (Å²) in [6.07, 6.45) is 0. The molecule has 0 amide bonds. The number of hydrogen-bond acceptors (Lipinski definition) is 4. The summed E-state index contributed by atoms with van der Waals surface area (Å²) in [4.78, 5) is 15.9. The van der Waals surface area contributed by atoms with E-state index in [0.717, 1.165) is 11.1 Å². The summed E-state index contributed by atoms with van der Waals surface area (Å²) >= 11 is 5.83. The van der Waals surface area contributed by atoms with Gasteiger partial charge in [0.25, 0.3) is 0 Å². The summed E-state index contributed by atoms with van der Waals surface area (Å²) in [6.45, 7) is 2.39. The van der Waals surface area contributed by atoms with Crippen LogP contribution < -0.4 is 11.0 Å². The Balaban J connectivity index is 1.83. The third-order valence-electron chi connectivity index (χ3n) is 3.19.